The van der Waals surface area contributed by atoms with Crippen LogP contribution < -0.4 is 10.1 Å². The number of benzene rings is 2. The van der Waals surface area contributed by atoms with Crippen LogP contribution in [-0.2, 0) is 21.1 Å². The Balaban J connectivity index is 2.01. The maximum atomic E-state index is 12.4. The molecule has 0 aliphatic rings. The predicted molar refractivity (Wildman–Crippen MR) is 102 cm³/mol. The molecule has 0 aromatic heterocycles. The van der Waals surface area contributed by atoms with Crippen molar-refractivity contribution in [1.82, 2.24) is 5.32 Å². The van der Waals surface area contributed by atoms with Crippen LogP contribution in [0.1, 0.15) is 37.9 Å². The Kier molecular flexibility index (Phi) is 6.42. The summed E-state index contributed by atoms with van der Waals surface area (Å²) in [6.45, 7) is 5.59. The van der Waals surface area contributed by atoms with Crippen LogP contribution in [0.2, 0.25) is 0 Å². The van der Waals surface area contributed by atoms with Gasteiger partial charge in [-0.2, -0.15) is 0 Å². The first-order chi connectivity index (χ1) is 12.2. The molecule has 0 aliphatic carbocycles. The van der Waals surface area contributed by atoms with Gasteiger partial charge in [0.05, 0.1) is 10.9 Å². The second-order valence-electron chi connectivity index (χ2n) is 6.29. The van der Waals surface area contributed by atoms with E-state index in [-0.39, 0.29) is 16.8 Å². The van der Waals surface area contributed by atoms with E-state index in [1.54, 1.807) is 31.2 Å². The summed E-state index contributed by atoms with van der Waals surface area (Å²) in [5.74, 6) is 0.485. The minimum absolute atomic E-state index is 0.226. The Morgan fingerprint density at radius 3 is 2.27 bits per heavy atom. The quantitative estimate of drug-likeness (QED) is 0.806. The van der Waals surface area contributed by atoms with Crippen molar-refractivity contribution < 1.29 is 17.9 Å². The number of carbonyl (C=O) groups excluding carboxylic acids is 1. The Morgan fingerprint density at radius 2 is 1.69 bits per heavy atom. The number of hydrogen-bond donors (Lipinski definition) is 1. The van der Waals surface area contributed by atoms with Crippen LogP contribution in [0.25, 0.3) is 0 Å². The van der Waals surface area contributed by atoms with E-state index in [9.17, 15) is 13.2 Å². The Hall–Kier alpha value is -2.34. The molecule has 0 aliphatic heterocycles. The first-order valence-electron chi connectivity index (χ1n) is 8.57. The summed E-state index contributed by atoms with van der Waals surface area (Å²) in [5.41, 5.74) is 1.88. The Bertz CT molecular complexity index is 860. The van der Waals surface area contributed by atoms with Gasteiger partial charge in [-0.05, 0) is 49.6 Å². The summed E-state index contributed by atoms with van der Waals surface area (Å²) >= 11 is 0. The van der Waals surface area contributed by atoms with Crippen molar-refractivity contribution >= 4 is 15.7 Å². The van der Waals surface area contributed by atoms with E-state index in [0.717, 1.165) is 17.5 Å². The summed E-state index contributed by atoms with van der Waals surface area (Å²) in [6, 6.07) is 13.9. The fourth-order valence-electron chi connectivity index (χ4n) is 2.57. The van der Waals surface area contributed by atoms with Gasteiger partial charge in [0.25, 0.3) is 5.91 Å². The van der Waals surface area contributed by atoms with Gasteiger partial charge in [0.1, 0.15) is 5.75 Å². The molecule has 0 spiro atoms. The topological polar surface area (TPSA) is 72.5 Å². The van der Waals surface area contributed by atoms with E-state index >= 15 is 0 Å². The lowest BCUT2D eigenvalue weighted by Crippen LogP contribution is -2.37. The number of hydrogen-bond acceptors (Lipinski definition) is 4. The van der Waals surface area contributed by atoms with Gasteiger partial charge in [0, 0.05) is 6.26 Å². The SMILES string of the molecule is CCc1ccccc1O[C@@H](C)C(=O)N[C@@H](C)c1ccc(S(C)(=O)=O)cc1. The van der Waals surface area contributed by atoms with E-state index in [1.807, 2.05) is 38.1 Å². The molecule has 1 amide bonds. The molecule has 6 heteroatoms. The number of rotatable bonds is 7. The van der Waals surface area contributed by atoms with Gasteiger partial charge in [-0.1, -0.05) is 37.3 Å². The second kappa shape index (κ2) is 8.36. The third-order valence-corrected chi connectivity index (χ3v) is 5.32. The van der Waals surface area contributed by atoms with Gasteiger partial charge in [-0.15, -0.1) is 0 Å². The fourth-order valence-corrected chi connectivity index (χ4v) is 3.20. The van der Waals surface area contributed by atoms with Crippen LogP contribution in [0.15, 0.2) is 53.4 Å². The zero-order valence-corrected chi connectivity index (χ0v) is 16.3. The molecule has 0 saturated heterocycles. The van der Waals surface area contributed by atoms with Crippen molar-refractivity contribution in [2.45, 2.75) is 44.2 Å². The molecule has 0 unspecified atom stereocenters. The van der Waals surface area contributed by atoms with Crippen LogP contribution in [0.5, 0.6) is 5.75 Å². The molecule has 0 fully saturated rings. The van der Waals surface area contributed by atoms with E-state index in [4.69, 9.17) is 4.74 Å². The predicted octanol–water partition coefficient (Wildman–Crippen LogP) is 3.30. The van der Waals surface area contributed by atoms with Crippen LogP contribution in [-0.4, -0.2) is 26.7 Å². The van der Waals surface area contributed by atoms with Gasteiger partial charge in [-0.3, -0.25) is 4.79 Å². The van der Waals surface area contributed by atoms with E-state index in [1.165, 1.54) is 6.26 Å². The summed E-state index contributed by atoms with van der Waals surface area (Å²) in [4.78, 5) is 12.7. The highest BCUT2D eigenvalue weighted by Gasteiger charge is 2.19. The highest BCUT2D eigenvalue weighted by Crippen LogP contribution is 2.20. The number of aryl methyl sites for hydroxylation is 1. The number of carbonyl (C=O) groups is 1. The number of sulfone groups is 1. The monoisotopic (exact) mass is 375 g/mol. The average molecular weight is 375 g/mol. The smallest absolute Gasteiger partial charge is 0.261 e. The summed E-state index contributed by atoms with van der Waals surface area (Å²) < 4.78 is 28.8. The Morgan fingerprint density at radius 1 is 1.08 bits per heavy atom. The normalized spacial score (nSPS) is 13.7. The van der Waals surface area contributed by atoms with Crippen molar-refractivity contribution in [3.63, 3.8) is 0 Å². The third-order valence-electron chi connectivity index (χ3n) is 4.19. The number of para-hydroxylation sites is 1. The van der Waals surface area contributed by atoms with E-state index in [2.05, 4.69) is 5.32 Å². The number of amides is 1. The molecule has 2 aromatic carbocycles. The molecule has 2 rings (SSSR count). The Labute approximate surface area is 155 Å². The van der Waals surface area contributed by atoms with Gasteiger partial charge < -0.3 is 10.1 Å². The lowest BCUT2D eigenvalue weighted by molar-refractivity contribution is -0.127. The summed E-state index contributed by atoms with van der Waals surface area (Å²) in [5, 5.41) is 2.90. The molecular weight excluding hydrogens is 350 g/mol. The van der Waals surface area contributed by atoms with Crippen molar-refractivity contribution in [2.75, 3.05) is 6.26 Å². The minimum atomic E-state index is -3.23. The molecule has 0 heterocycles. The summed E-state index contributed by atoms with van der Waals surface area (Å²) in [7, 11) is -3.23. The highest BCUT2D eigenvalue weighted by molar-refractivity contribution is 7.90. The van der Waals surface area contributed by atoms with Gasteiger partial charge >= 0.3 is 0 Å². The first-order valence-corrected chi connectivity index (χ1v) is 10.5. The van der Waals surface area contributed by atoms with Crippen LogP contribution in [0, 0.1) is 0 Å². The first kappa shape index (κ1) is 20.0. The fraction of sp³-hybridized carbons (Fsp3) is 0.350. The van der Waals surface area contributed by atoms with Crippen molar-refractivity contribution in [3.8, 4) is 5.75 Å². The molecule has 2 atom stereocenters. The molecule has 5 nitrogen and oxygen atoms in total. The number of ether oxygens (including phenoxy) is 1. The average Bonchev–Trinajstić information content (AvgIpc) is 2.61. The highest BCUT2D eigenvalue weighted by atomic mass is 32.2. The largest absolute Gasteiger partial charge is 0.481 e. The molecule has 140 valence electrons. The molecule has 1 N–H and O–H groups in total. The zero-order chi connectivity index (χ0) is 19.3. The van der Waals surface area contributed by atoms with E-state index < -0.39 is 15.9 Å². The van der Waals surface area contributed by atoms with Crippen molar-refractivity contribution in [1.29, 1.82) is 0 Å². The lowest BCUT2D eigenvalue weighted by atomic mass is 10.1. The molecule has 0 saturated carbocycles. The lowest BCUT2D eigenvalue weighted by Gasteiger charge is -2.20. The van der Waals surface area contributed by atoms with Gasteiger partial charge in [0.2, 0.25) is 0 Å². The standard InChI is InChI=1S/C20H25NO4S/c1-5-16-8-6-7-9-19(16)25-15(3)20(22)21-14(2)17-10-12-18(13-11-17)26(4,23)24/h6-15H,5H2,1-4H3,(H,21,22)/t14-,15-/m0/s1. The zero-order valence-electron chi connectivity index (χ0n) is 15.5. The molecule has 2 aromatic rings. The van der Waals surface area contributed by atoms with Crippen LogP contribution in [0.4, 0.5) is 0 Å². The van der Waals surface area contributed by atoms with Gasteiger partial charge in [0.15, 0.2) is 15.9 Å². The van der Waals surface area contributed by atoms with Crippen molar-refractivity contribution in [3.05, 3.63) is 59.7 Å². The molecular formula is C20H25NO4S. The van der Waals surface area contributed by atoms with E-state index in [0.29, 0.717) is 5.75 Å². The number of nitrogens with one attached hydrogen (secondary N) is 1. The maximum Gasteiger partial charge on any atom is 0.261 e. The van der Waals surface area contributed by atoms with Crippen LogP contribution in [0.3, 0.4) is 0 Å². The van der Waals surface area contributed by atoms with Crippen LogP contribution >= 0.6 is 0 Å². The third kappa shape index (κ3) is 5.08. The minimum Gasteiger partial charge on any atom is -0.481 e. The maximum absolute atomic E-state index is 12.4. The summed E-state index contributed by atoms with van der Waals surface area (Å²) in [6.07, 6.45) is 1.36. The second-order valence-corrected chi connectivity index (χ2v) is 8.31. The van der Waals surface area contributed by atoms with Crippen molar-refractivity contribution in [2.24, 2.45) is 0 Å². The molecule has 0 bridgehead atoms. The molecule has 0 radical (unpaired) electrons. The van der Waals surface area contributed by atoms with Gasteiger partial charge in [-0.25, -0.2) is 8.42 Å². The molecule has 26 heavy (non-hydrogen) atoms.